The highest BCUT2D eigenvalue weighted by atomic mass is 35.5. The number of amides is 1. The average molecular weight is 337 g/mol. The van der Waals surface area contributed by atoms with Crippen molar-refractivity contribution in [1.29, 1.82) is 0 Å². The van der Waals surface area contributed by atoms with Crippen LogP contribution in [-0.4, -0.2) is 18.5 Å². The van der Waals surface area contributed by atoms with E-state index in [0.29, 0.717) is 18.0 Å². The first kappa shape index (κ1) is 20.2. The molecule has 6 heteroatoms. The van der Waals surface area contributed by atoms with E-state index in [0.717, 1.165) is 12.0 Å². The number of hydrogen-bond donors (Lipinski definition) is 2. The Morgan fingerprint density at radius 1 is 1.48 bits per heavy atom. The SMILES string of the molecule is CCCC(N)C(=O)NCC(C)(C)c1ccc(F)cc1Cl.Cl. The van der Waals surface area contributed by atoms with Gasteiger partial charge in [0.15, 0.2) is 0 Å². The summed E-state index contributed by atoms with van der Waals surface area (Å²) in [6.45, 7) is 6.26. The van der Waals surface area contributed by atoms with Crippen molar-refractivity contribution < 1.29 is 9.18 Å². The maximum absolute atomic E-state index is 13.1. The maximum Gasteiger partial charge on any atom is 0.236 e. The van der Waals surface area contributed by atoms with Crippen LogP contribution in [-0.2, 0) is 10.2 Å². The van der Waals surface area contributed by atoms with E-state index in [-0.39, 0.29) is 24.1 Å². The van der Waals surface area contributed by atoms with Crippen molar-refractivity contribution in [2.45, 2.75) is 45.1 Å². The standard InChI is InChI=1S/C15H22ClFN2O.ClH/c1-4-5-13(18)14(20)19-9-15(2,3)11-7-6-10(17)8-12(11)16;/h6-8,13H,4-5,9,18H2,1-3H3,(H,19,20);1H. The number of rotatable bonds is 6. The summed E-state index contributed by atoms with van der Waals surface area (Å²) < 4.78 is 13.1. The van der Waals surface area contributed by atoms with Gasteiger partial charge in [-0.2, -0.15) is 0 Å². The molecule has 0 bridgehead atoms. The minimum Gasteiger partial charge on any atom is -0.354 e. The van der Waals surface area contributed by atoms with Crippen molar-refractivity contribution in [2.75, 3.05) is 6.54 Å². The second-order valence-electron chi connectivity index (χ2n) is 5.62. The topological polar surface area (TPSA) is 55.1 Å². The number of carbonyl (C=O) groups is 1. The lowest BCUT2D eigenvalue weighted by Gasteiger charge is -2.27. The van der Waals surface area contributed by atoms with Gasteiger partial charge >= 0.3 is 0 Å². The molecule has 0 radical (unpaired) electrons. The zero-order valence-electron chi connectivity index (χ0n) is 12.6. The number of nitrogens with one attached hydrogen (secondary N) is 1. The van der Waals surface area contributed by atoms with Gasteiger partial charge in [0, 0.05) is 17.0 Å². The summed E-state index contributed by atoms with van der Waals surface area (Å²) in [7, 11) is 0. The minimum atomic E-state index is -0.487. The van der Waals surface area contributed by atoms with Crippen molar-refractivity contribution in [2.24, 2.45) is 5.73 Å². The molecule has 1 aromatic rings. The van der Waals surface area contributed by atoms with Crippen LogP contribution in [0.4, 0.5) is 4.39 Å². The molecule has 120 valence electrons. The fourth-order valence-electron chi connectivity index (χ4n) is 2.01. The van der Waals surface area contributed by atoms with E-state index in [1.165, 1.54) is 12.1 Å². The van der Waals surface area contributed by atoms with Gasteiger partial charge in [0.05, 0.1) is 6.04 Å². The Labute approximate surface area is 136 Å². The Balaban J connectivity index is 0.00000400. The summed E-state index contributed by atoms with van der Waals surface area (Å²) in [5.41, 5.74) is 6.16. The molecule has 1 atom stereocenters. The third-order valence-electron chi connectivity index (χ3n) is 3.30. The number of hydrogen-bond acceptors (Lipinski definition) is 2. The number of halogens is 3. The smallest absolute Gasteiger partial charge is 0.236 e. The van der Waals surface area contributed by atoms with Crippen LogP contribution >= 0.6 is 24.0 Å². The fourth-order valence-corrected chi connectivity index (χ4v) is 2.44. The van der Waals surface area contributed by atoms with Crippen molar-refractivity contribution in [3.8, 4) is 0 Å². The first-order valence-corrected chi connectivity index (χ1v) is 7.14. The molecular weight excluding hydrogens is 314 g/mol. The Hall–Kier alpha value is -0.840. The molecule has 21 heavy (non-hydrogen) atoms. The minimum absolute atomic E-state index is 0. The molecule has 3 N–H and O–H groups in total. The molecule has 0 aliphatic heterocycles. The van der Waals surface area contributed by atoms with E-state index < -0.39 is 11.5 Å². The van der Waals surface area contributed by atoms with Crippen LogP contribution in [0.1, 0.15) is 39.2 Å². The molecule has 0 aromatic heterocycles. The van der Waals surface area contributed by atoms with Gasteiger partial charge in [-0.3, -0.25) is 4.79 Å². The lowest BCUT2D eigenvalue weighted by molar-refractivity contribution is -0.122. The van der Waals surface area contributed by atoms with Gasteiger partial charge in [-0.25, -0.2) is 4.39 Å². The lowest BCUT2D eigenvalue weighted by Crippen LogP contribution is -2.45. The molecule has 0 aliphatic carbocycles. The summed E-state index contributed by atoms with van der Waals surface area (Å²) in [5.74, 6) is -0.540. The van der Waals surface area contributed by atoms with Gasteiger partial charge in [-0.15, -0.1) is 12.4 Å². The summed E-state index contributed by atoms with van der Waals surface area (Å²) in [5, 5.41) is 3.19. The van der Waals surface area contributed by atoms with Crippen LogP contribution in [0, 0.1) is 5.82 Å². The zero-order chi connectivity index (χ0) is 15.3. The second-order valence-corrected chi connectivity index (χ2v) is 6.03. The van der Waals surface area contributed by atoms with Gasteiger partial charge in [0.2, 0.25) is 5.91 Å². The molecule has 3 nitrogen and oxygen atoms in total. The first-order chi connectivity index (χ1) is 9.27. The Morgan fingerprint density at radius 3 is 2.62 bits per heavy atom. The Bertz CT molecular complexity index is 481. The predicted octanol–water partition coefficient (Wildman–Crippen LogP) is 3.42. The normalized spacial score (nSPS) is 12.5. The molecule has 0 aliphatic rings. The van der Waals surface area contributed by atoms with E-state index in [1.807, 2.05) is 20.8 Å². The molecule has 1 unspecified atom stereocenters. The number of nitrogens with two attached hydrogens (primary N) is 1. The van der Waals surface area contributed by atoms with Crippen LogP contribution in [0.2, 0.25) is 5.02 Å². The largest absolute Gasteiger partial charge is 0.354 e. The summed E-state index contributed by atoms with van der Waals surface area (Å²) in [6, 6.07) is 3.81. The number of benzene rings is 1. The maximum atomic E-state index is 13.1. The molecule has 1 amide bonds. The molecule has 1 rings (SSSR count). The van der Waals surface area contributed by atoms with Crippen molar-refractivity contribution in [3.63, 3.8) is 0 Å². The van der Waals surface area contributed by atoms with Crippen LogP contribution in [0.15, 0.2) is 18.2 Å². The summed E-state index contributed by atoms with van der Waals surface area (Å²) in [6.07, 6.45) is 1.52. The van der Waals surface area contributed by atoms with E-state index in [4.69, 9.17) is 17.3 Å². The first-order valence-electron chi connectivity index (χ1n) is 6.76. The highest BCUT2D eigenvalue weighted by Gasteiger charge is 2.25. The quantitative estimate of drug-likeness (QED) is 0.836. The van der Waals surface area contributed by atoms with Crippen molar-refractivity contribution in [1.82, 2.24) is 5.32 Å². The molecule has 0 saturated carbocycles. The van der Waals surface area contributed by atoms with Gasteiger partial charge in [-0.1, -0.05) is 44.9 Å². The summed E-state index contributed by atoms with van der Waals surface area (Å²) in [4.78, 5) is 11.8. The van der Waals surface area contributed by atoms with Crippen LogP contribution in [0.5, 0.6) is 0 Å². The highest BCUT2D eigenvalue weighted by molar-refractivity contribution is 6.31. The molecule has 0 saturated heterocycles. The van der Waals surface area contributed by atoms with Gasteiger partial charge in [0.1, 0.15) is 5.82 Å². The number of carbonyl (C=O) groups excluding carboxylic acids is 1. The Morgan fingerprint density at radius 2 is 2.10 bits per heavy atom. The van der Waals surface area contributed by atoms with Crippen LogP contribution in [0.25, 0.3) is 0 Å². The third-order valence-corrected chi connectivity index (χ3v) is 3.61. The average Bonchev–Trinajstić information content (AvgIpc) is 2.35. The predicted molar refractivity (Wildman–Crippen MR) is 87.6 cm³/mol. The van der Waals surface area contributed by atoms with Crippen LogP contribution < -0.4 is 11.1 Å². The monoisotopic (exact) mass is 336 g/mol. The Kier molecular flexibility index (Phi) is 8.22. The molecular formula is C15H23Cl2FN2O. The third kappa shape index (κ3) is 5.81. The van der Waals surface area contributed by atoms with Gasteiger partial charge in [-0.05, 0) is 24.1 Å². The lowest BCUT2D eigenvalue weighted by atomic mass is 9.84. The van der Waals surface area contributed by atoms with E-state index in [9.17, 15) is 9.18 Å². The van der Waals surface area contributed by atoms with Crippen molar-refractivity contribution >= 4 is 29.9 Å². The highest BCUT2D eigenvalue weighted by Crippen LogP contribution is 2.29. The van der Waals surface area contributed by atoms with Crippen LogP contribution in [0.3, 0.4) is 0 Å². The molecule has 0 fully saturated rings. The van der Waals surface area contributed by atoms with Crippen molar-refractivity contribution in [3.05, 3.63) is 34.6 Å². The second kappa shape index (κ2) is 8.57. The molecule has 1 aromatic carbocycles. The van der Waals surface area contributed by atoms with E-state index in [2.05, 4.69) is 5.32 Å². The zero-order valence-corrected chi connectivity index (χ0v) is 14.2. The molecule has 0 heterocycles. The van der Waals surface area contributed by atoms with Gasteiger partial charge < -0.3 is 11.1 Å². The van der Waals surface area contributed by atoms with E-state index in [1.54, 1.807) is 6.07 Å². The summed E-state index contributed by atoms with van der Waals surface area (Å²) >= 11 is 6.06. The van der Waals surface area contributed by atoms with Gasteiger partial charge in [0.25, 0.3) is 0 Å². The van der Waals surface area contributed by atoms with E-state index >= 15 is 0 Å². The molecule has 0 spiro atoms. The fraction of sp³-hybridized carbons (Fsp3) is 0.533.